The minimum Gasteiger partial charge on any atom is -0.367 e. The SMILES string of the molecule is CCNC(=O)C(C)Nc1cccnc1[N+](=O)[O-]. The van der Waals surface area contributed by atoms with Crippen LogP contribution >= 0.6 is 0 Å². The molecule has 7 nitrogen and oxygen atoms in total. The van der Waals surface area contributed by atoms with Crippen LogP contribution in [-0.4, -0.2) is 28.4 Å². The van der Waals surface area contributed by atoms with Crippen LogP contribution in [0.4, 0.5) is 11.5 Å². The molecule has 0 bridgehead atoms. The predicted octanol–water partition coefficient (Wildman–Crippen LogP) is 0.926. The van der Waals surface area contributed by atoms with Crippen LogP contribution in [0.25, 0.3) is 0 Å². The van der Waals surface area contributed by atoms with Crippen molar-refractivity contribution < 1.29 is 9.72 Å². The number of carbonyl (C=O) groups is 1. The first-order chi connectivity index (χ1) is 8.06. The third-order valence-electron chi connectivity index (χ3n) is 2.08. The van der Waals surface area contributed by atoms with Gasteiger partial charge in [-0.2, -0.15) is 0 Å². The third kappa shape index (κ3) is 3.40. The van der Waals surface area contributed by atoms with E-state index in [9.17, 15) is 14.9 Å². The second-order valence-corrected chi connectivity index (χ2v) is 3.39. The lowest BCUT2D eigenvalue weighted by atomic mass is 10.2. The Labute approximate surface area is 98.4 Å². The Balaban J connectivity index is 2.81. The first-order valence-electron chi connectivity index (χ1n) is 5.20. The molecular formula is C10H14N4O3. The van der Waals surface area contributed by atoms with Crippen molar-refractivity contribution in [1.29, 1.82) is 0 Å². The van der Waals surface area contributed by atoms with Crippen molar-refractivity contribution in [2.75, 3.05) is 11.9 Å². The number of amides is 1. The van der Waals surface area contributed by atoms with Gasteiger partial charge >= 0.3 is 5.82 Å². The van der Waals surface area contributed by atoms with Crippen LogP contribution in [0.1, 0.15) is 13.8 Å². The van der Waals surface area contributed by atoms with Crippen LogP contribution < -0.4 is 10.6 Å². The van der Waals surface area contributed by atoms with Crippen LogP contribution in [0.15, 0.2) is 18.3 Å². The summed E-state index contributed by atoms with van der Waals surface area (Å²) in [5.41, 5.74) is 0.233. The van der Waals surface area contributed by atoms with Crippen LogP contribution in [0.2, 0.25) is 0 Å². The lowest BCUT2D eigenvalue weighted by molar-refractivity contribution is -0.388. The fraction of sp³-hybridized carbons (Fsp3) is 0.400. The van der Waals surface area contributed by atoms with E-state index in [0.29, 0.717) is 6.54 Å². The second-order valence-electron chi connectivity index (χ2n) is 3.39. The van der Waals surface area contributed by atoms with Crippen molar-refractivity contribution >= 4 is 17.4 Å². The Morgan fingerprint density at radius 3 is 2.94 bits per heavy atom. The smallest absolute Gasteiger partial charge is 0.367 e. The summed E-state index contributed by atoms with van der Waals surface area (Å²) in [6.07, 6.45) is 1.33. The van der Waals surface area contributed by atoms with E-state index >= 15 is 0 Å². The lowest BCUT2D eigenvalue weighted by Crippen LogP contribution is -2.37. The number of nitrogens with zero attached hydrogens (tertiary/aromatic N) is 2. The summed E-state index contributed by atoms with van der Waals surface area (Å²) in [5.74, 6) is -0.505. The molecule has 0 saturated carbocycles. The second kappa shape index (κ2) is 5.78. The number of anilines is 1. The van der Waals surface area contributed by atoms with Gasteiger partial charge in [0.15, 0.2) is 0 Å². The molecule has 0 fully saturated rings. The standard InChI is InChI=1S/C10H14N4O3/c1-3-11-10(15)7(2)13-8-5-4-6-12-9(8)14(16)17/h4-7,13H,3H2,1-2H3,(H,11,15). The zero-order valence-electron chi connectivity index (χ0n) is 9.64. The molecule has 1 rings (SSSR count). The minimum absolute atomic E-state index is 0.217. The average molecular weight is 238 g/mol. The molecule has 92 valence electrons. The molecular weight excluding hydrogens is 224 g/mol. The highest BCUT2D eigenvalue weighted by Gasteiger charge is 2.18. The summed E-state index contributed by atoms with van der Waals surface area (Å²) in [5, 5.41) is 16.1. The van der Waals surface area contributed by atoms with Gasteiger partial charge in [0.25, 0.3) is 0 Å². The molecule has 0 spiro atoms. The molecule has 1 unspecified atom stereocenters. The molecule has 0 aliphatic heterocycles. The summed E-state index contributed by atoms with van der Waals surface area (Å²) >= 11 is 0. The van der Waals surface area contributed by atoms with Gasteiger partial charge in [-0.15, -0.1) is 0 Å². The van der Waals surface area contributed by atoms with Crippen LogP contribution in [0, 0.1) is 10.1 Å². The van der Waals surface area contributed by atoms with Crippen molar-refractivity contribution in [3.63, 3.8) is 0 Å². The number of carbonyl (C=O) groups excluding carboxylic acids is 1. The lowest BCUT2D eigenvalue weighted by Gasteiger charge is -2.13. The van der Waals surface area contributed by atoms with E-state index in [-0.39, 0.29) is 17.4 Å². The zero-order valence-corrected chi connectivity index (χ0v) is 9.64. The Bertz CT molecular complexity index is 422. The van der Waals surface area contributed by atoms with E-state index in [1.54, 1.807) is 19.9 Å². The maximum absolute atomic E-state index is 11.5. The monoisotopic (exact) mass is 238 g/mol. The molecule has 1 aromatic heterocycles. The first-order valence-corrected chi connectivity index (χ1v) is 5.20. The van der Waals surface area contributed by atoms with Crippen LogP contribution in [0.5, 0.6) is 0 Å². The molecule has 0 aliphatic carbocycles. The van der Waals surface area contributed by atoms with Gasteiger partial charge in [0, 0.05) is 6.54 Å². The molecule has 17 heavy (non-hydrogen) atoms. The number of rotatable bonds is 5. The van der Waals surface area contributed by atoms with Gasteiger partial charge < -0.3 is 20.7 Å². The average Bonchev–Trinajstić information content (AvgIpc) is 2.29. The highest BCUT2D eigenvalue weighted by atomic mass is 16.6. The van der Waals surface area contributed by atoms with Gasteiger partial charge in [0.05, 0.1) is 0 Å². The van der Waals surface area contributed by atoms with Crippen molar-refractivity contribution in [2.45, 2.75) is 19.9 Å². The van der Waals surface area contributed by atoms with Gasteiger partial charge in [-0.05, 0) is 35.9 Å². The van der Waals surface area contributed by atoms with E-state index in [0.717, 1.165) is 0 Å². The van der Waals surface area contributed by atoms with E-state index in [1.165, 1.54) is 12.3 Å². The maximum atomic E-state index is 11.5. The molecule has 1 atom stereocenters. The number of aromatic nitrogens is 1. The van der Waals surface area contributed by atoms with Gasteiger partial charge in [0.1, 0.15) is 17.9 Å². The predicted molar refractivity (Wildman–Crippen MR) is 62.7 cm³/mol. The maximum Gasteiger partial charge on any atom is 0.386 e. The van der Waals surface area contributed by atoms with Crippen LogP contribution in [-0.2, 0) is 4.79 Å². The molecule has 1 amide bonds. The van der Waals surface area contributed by atoms with Crippen molar-refractivity contribution in [3.8, 4) is 0 Å². The highest BCUT2D eigenvalue weighted by Crippen LogP contribution is 2.20. The number of nitrogens with one attached hydrogen (secondary N) is 2. The van der Waals surface area contributed by atoms with Crippen molar-refractivity contribution in [1.82, 2.24) is 10.3 Å². The molecule has 1 heterocycles. The summed E-state index contributed by atoms with van der Waals surface area (Å²) in [4.78, 5) is 25.2. The molecule has 7 heteroatoms. The Morgan fingerprint density at radius 2 is 2.35 bits per heavy atom. The Morgan fingerprint density at radius 1 is 1.65 bits per heavy atom. The first kappa shape index (κ1) is 12.9. The fourth-order valence-electron chi connectivity index (χ4n) is 1.28. The number of likely N-dealkylation sites (N-methyl/N-ethyl adjacent to an activating group) is 1. The molecule has 0 radical (unpaired) electrons. The van der Waals surface area contributed by atoms with E-state index in [1.807, 2.05) is 0 Å². The Hall–Kier alpha value is -2.18. The molecule has 2 N–H and O–H groups in total. The summed E-state index contributed by atoms with van der Waals surface area (Å²) in [6.45, 7) is 3.94. The van der Waals surface area contributed by atoms with Crippen molar-refractivity contribution in [2.24, 2.45) is 0 Å². The van der Waals surface area contributed by atoms with Gasteiger partial charge in [-0.25, -0.2) is 0 Å². The van der Waals surface area contributed by atoms with Gasteiger partial charge in [0.2, 0.25) is 5.91 Å². The molecule has 1 aromatic rings. The summed E-state index contributed by atoms with van der Waals surface area (Å²) in [6, 6.07) is 2.53. The van der Waals surface area contributed by atoms with Crippen LogP contribution in [0.3, 0.4) is 0 Å². The number of pyridine rings is 1. The third-order valence-corrected chi connectivity index (χ3v) is 2.08. The quantitative estimate of drug-likeness (QED) is 0.587. The summed E-state index contributed by atoms with van der Waals surface area (Å²) in [7, 11) is 0. The fourth-order valence-corrected chi connectivity index (χ4v) is 1.28. The van der Waals surface area contributed by atoms with E-state index in [4.69, 9.17) is 0 Å². The van der Waals surface area contributed by atoms with Gasteiger partial charge in [-0.3, -0.25) is 4.79 Å². The largest absolute Gasteiger partial charge is 0.386 e. The highest BCUT2D eigenvalue weighted by molar-refractivity contribution is 5.84. The molecule has 0 saturated heterocycles. The van der Waals surface area contributed by atoms with Crippen molar-refractivity contribution in [3.05, 3.63) is 28.4 Å². The molecule has 0 aliphatic rings. The summed E-state index contributed by atoms with van der Waals surface area (Å²) < 4.78 is 0. The topological polar surface area (TPSA) is 97.2 Å². The number of hydrogen-bond donors (Lipinski definition) is 2. The zero-order chi connectivity index (χ0) is 12.8. The molecule has 0 aromatic carbocycles. The number of nitro groups is 1. The van der Waals surface area contributed by atoms with E-state index < -0.39 is 11.0 Å². The number of hydrogen-bond acceptors (Lipinski definition) is 5. The van der Waals surface area contributed by atoms with Gasteiger partial charge in [-0.1, -0.05) is 0 Å². The normalized spacial score (nSPS) is 11.6. The Kier molecular flexibility index (Phi) is 4.38. The minimum atomic E-state index is -0.590. The van der Waals surface area contributed by atoms with E-state index in [2.05, 4.69) is 15.6 Å².